The van der Waals surface area contributed by atoms with Crippen molar-refractivity contribution in [1.82, 2.24) is 9.97 Å². The molecule has 0 aliphatic carbocycles. The number of nitrogens with zero attached hydrogens (tertiary/aromatic N) is 2. The molecule has 1 aromatic heterocycles. The Bertz CT molecular complexity index is 437. The van der Waals surface area contributed by atoms with Gasteiger partial charge in [0.05, 0.1) is 5.60 Å². The van der Waals surface area contributed by atoms with E-state index >= 15 is 0 Å². The van der Waals surface area contributed by atoms with E-state index in [0.717, 1.165) is 36.0 Å². The third kappa shape index (κ3) is 4.83. The topological polar surface area (TPSA) is 70.1 Å². The first-order valence-electron chi connectivity index (χ1n) is 7.00. The standard InChI is InChI=1S/C14H26N4OS/c1-6-11-17-12(15-7-2)10(3)13(18-11)16-8-14(4,19)9-20-5/h19H,6-9H2,1-5H3,(H2,15,16,17,18). The fourth-order valence-electron chi connectivity index (χ4n) is 1.87. The maximum atomic E-state index is 10.2. The van der Waals surface area contributed by atoms with Gasteiger partial charge in [0.25, 0.3) is 0 Å². The molecule has 0 fully saturated rings. The quantitative estimate of drug-likeness (QED) is 0.684. The summed E-state index contributed by atoms with van der Waals surface area (Å²) in [7, 11) is 0. The van der Waals surface area contributed by atoms with Gasteiger partial charge in [-0.2, -0.15) is 11.8 Å². The lowest BCUT2D eigenvalue weighted by Crippen LogP contribution is -2.36. The van der Waals surface area contributed by atoms with Crippen molar-refractivity contribution in [3.8, 4) is 0 Å². The number of aryl methyl sites for hydroxylation is 1. The average Bonchev–Trinajstić information content (AvgIpc) is 2.40. The van der Waals surface area contributed by atoms with Crippen LogP contribution >= 0.6 is 11.8 Å². The normalized spacial score (nSPS) is 13.9. The summed E-state index contributed by atoms with van der Waals surface area (Å²) < 4.78 is 0. The minimum atomic E-state index is -0.748. The molecule has 0 saturated heterocycles. The Hall–Kier alpha value is -1.01. The van der Waals surface area contributed by atoms with Crippen LogP contribution in [0.1, 0.15) is 32.2 Å². The zero-order chi connectivity index (χ0) is 15.2. The number of nitrogens with one attached hydrogen (secondary N) is 2. The van der Waals surface area contributed by atoms with Gasteiger partial charge in [0, 0.05) is 30.8 Å². The Morgan fingerprint density at radius 2 is 1.80 bits per heavy atom. The molecule has 0 radical (unpaired) electrons. The van der Waals surface area contributed by atoms with Crippen LogP contribution in [0.4, 0.5) is 11.6 Å². The molecule has 114 valence electrons. The van der Waals surface area contributed by atoms with E-state index in [2.05, 4.69) is 20.6 Å². The van der Waals surface area contributed by atoms with Crippen LogP contribution in [0.2, 0.25) is 0 Å². The van der Waals surface area contributed by atoms with Crippen molar-refractivity contribution in [2.45, 2.75) is 39.7 Å². The van der Waals surface area contributed by atoms with E-state index in [-0.39, 0.29) is 0 Å². The summed E-state index contributed by atoms with van der Waals surface area (Å²) in [5.74, 6) is 3.16. The molecule has 3 N–H and O–H groups in total. The van der Waals surface area contributed by atoms with E-state index in [1.54, 1.807) is 11.8 Å². The maximum Gasteiger partial charge on any atom is 0.134 e. The van der Waals surface area contributed by atoms with E-state index in [4.69, 9.17) is 0 Å². The monoisotopic (exact) mass is 298 g/mol. The Kier molecular flexibility index (Phi) is 6.55. The van der Waals surface area contributed by atoms with Crippen LogP contribution in [0.25, 0.3) is 0 Å². The van der Waals surface area contributed by atoms with Crippen molar-refractivity contribution in [3.63, 3.8) is 0 Å². The molecule has 1 heterocycles. The lowest BCUT2D eigenvalue weighted by atomic mass is 10.1. The van der Waals surface area contributed by atoms with Gasteiger partial charge in [0.2, 0.25) is 0 Å². The van der Waals surface area contributed by atoms with Crippen molar-refractivity contribution >= 4 is 23.4 Å². The summed E-state index contributed by atoms with van der Waals surface area (Å²) in [6.45, 7) is 9.20. The van der Waals surface area contributed by atoms with E-state index in [1.807, 2.05) is 34.0 Å². The first-order valence-corrected chi connectivity index (χ1v) is 8.39. The van der Waals surface area contributed by atoms with Gasteiger partial charge in [-0.15, -0.1) is 0 Å². The van der Waals surface area contributed by atoms with Crippen LogP contribution in [0.5, 0.6) is 0 Å². The molecule has 0 bridgehead atoms. The lowest BCUT2D eigenvalue weighted by Gasteiger charge is -2.24. The summed E-state index contributed by atoms with van der Waals surface area (Å²) in [6, 6.07) is 0. The molecule has 0 spiro atoms. The molecule has 1 aromatic rings. The van der Waals surface area contributed by atoms with Gasteiger partial charge in [0.15, 0.2) is 0 Å². The minimum absolute atomic E-state index is 0.473. The molecule has 1 unspecified atom stereocenters. The highest BCUT2D eigenvalue weighted by Crippen LogP contribution is 2.21. The van der Waals surface area contributed by atoms with Crippen LogP contribution in [-0.2, 0) is 6.42 Å². The predicted octanol–water partition coefficient (Wildman–Crippen LogP) is 2.31. The van der Waals surface area contributed by atoms with Crippen molar-refractivity contribution in [1.29, 1.82) is 0 Å². The Morgan fingerprint density at radius 1 is 1.20 bits per heavy atom. The smallest absolute Gasteiger partial charge is 0.134 e. The summed E-state index contributed by atoms with van der Waals surface area (Å²) in [6.07, 6.45) is 2.78. The Balaban J connectivity index is 2.90. The molecular formula is C14H26N4OS. The number of hydrogen-bond donors (Lipinski definition) is 3. The molecule has 1 atom stereocenters. The average molecular weight is 298 g/mol. The number of rotatable bonds is 8. The zero-order valence-electron chi connectivity index (χ0n) is 13.1. The molecule has 1 rings (SSSR count). The summed E-state index contributed by atoms with van der Waals surface area (Å²) >= 11 is 1.63. The number of thioether (sulfide) groups is 1. The second-order valence-electron chi connectivity index (χ2n) is 5.13. The zero-order valence-corrected chi connectivity index (χ0v) is 13.9. The van der Waals surface area contributed by atoms with E-state index in [1.165, 1.54) is 0 Å². The van der Waals surface area contributed by atoms with Crippen LogP contribution in [-0.4, -0.2) is 45.8 Å². The molecule has 0 aliphatic heterocycles. The van der Waals surface area contributed by atoms with Gasteiger partial charge in [-0.1, -0.05) is 6.92 Å². The van der Waals surface area contributed by atoms with Crippen LogP contribution < -0.4 is 10.6 Å². The van der Waals surface area contributed by atoms with Crippen molar-refractivity contribution in [2.24, 2.45) is 0 Å². The van der Waals surface area contributed by atoms with Crippen LogP contribution in [0, 0.1) is 6.92 Å². The highest BCUT2D eigenvalue weighted by molar-refractivity contribution is 7.98. The summed E-state index contributed by atoms with van der Waals surface area (Å²) in [5.41, 5.74) is 0.241. The number of aliphatic hydroxyl groups is 1. The second kappa shape index (κ2) is 7.69. The van der Waals surface area contributed by atoms with Gasteiger partial charge >= 0.3 is 0 Å². The van der Waals surface area contributed by atoms with Gasteiger partial charge in [0.1, 0.15) is 17.5 Å². The maximum absolute atomic E-state index is 10.2. The molecule has 5 nitrogen and oxygen atoms in total. The predicted molar refractivity (Wildman–Crippen MR) is 87.8 cm³/mol. The fraction of sp³-hybridized carbons (Fsp3) is 0.714. The van der Waals surface area contributed by atoms with E-state index in [0.29, 0.717) is 12.3 Å². The Labute approximate surface area is 126 Å². The first-order chi connectivity index (χ1) is 9.43. The van der Waals surface area contributed by atoms with Crippen LogP contribution in [0.3, 0.4) is 0 Å². The van der Waals surface area contributed by atoms with Crippen molar-refractivity contribution in [2.75, 3.05) is 35.7 Å². The van der Waals surface area contributed by atoms with Crippen molar-refractivity contribution in [3.05, 3.63) is 11.4 Å². The lowest BCUT2D eigenvalue weighted by molar-refractivity contribution is 0.0996. The Morgan fingerprint density at radius 3 is 2.30 bits per heavy atom. The number of hydrogen-bond acceptors (Lipinski definition) is 6. The molecule has 0 amide bonds. The highest BCUT2D eigenvalue weighted by Gasteiger charge is 2.20. The summed E-state index contributed by atoms with van der Waals surface area (Å²) in [4.78, 5) is 9.01. The van der Waals surface area contributed by atoms with Gasteiger partial charge in [-0.05, 0) is 27.0 Å². The number of anilines is 2. The third-order valence-corrected chi connectivity index (χ3v) is 3.86. The van der Waals surface area contributed by atoms with Crippen molar-refractivity contribution < 1.29 is 5.11 Å². The molecule has 0 aliphatic rings. The number of aromatic nitrogens is 2. The largest absolute Gasteiger partial charge is 0.387 e. The van der Waals surface area contributed by atoms with E-state index < -0.39 is 5.60 Å². The van der Waals surface area contributed by atoms with Gasteiger partial charge in [-0.25, -0.2) is 9.97 Å². The fourth-order valence-corrected chi connectivity index (χ4v) is 2.59. The minimum Gasteiger partial charge on any atom is -0.387 e. The SMILES string of the molecule is CCNc1nc(CC)nc(NCC(C)(O)CSC)c1C. The molecular weight excluding hydrogens is 272 g/mol. The molecule has 6 heteroatoms. The third-order valence-electron chi connectivity index (χ3n) is 2.94. The van der Waals surface area contributed by atoms with Crippen LogP contribution in [0.15, 0.2) is 0 Å². The molecule has 20 heavy (non-hydrogen) atoms. The van der Waals surface area contributed by atoms with Gasteiger partial charge in [-0.3, -0.25) is 0 Å². The first kappa shape index (κ1) is 17.0. The van der Waals surface area contributed by atoms with E-state index in [9.17, 15) is 5.11 Å². The van der Waals surface area contributed by atoms with Gasteiger partial charge < -0.3 is 15.7 Å². The molecule has 0 aromatic carbocycles. The molecule has 0 saturated carbocycles. The summed E-state index contributed by atoms with van der Waals surface area (Å²) in [5, 5.41) is 16.7. The highest BCUT2D eigenvalue weighted by atomic mass is 32.2. The second-order valence-corrected chi connectivity index (χ2v) is 6.00.